The number of para-hydroxylation sites is 4. The van der Waals surface area contributed by atoms with Crippen molar-refractivity contribution in [2.24, 2.45) is 0 Å². The third kappa shape index (κ3) is 3.55. The monoisotopic (exact) mass is 586 g/mol. The highest BCUT2D eigenvalue weighted by molar-refractivity contribution is 6.23. The lowest BCUT2D eigenvalue weighted by molar-refractivity contribution is 1.01. The van der Waals surface area contributed by atoms with Gasteiger partial charge in [-0.05, 0) is 47.2 Å². The second-order valence-corrected chi connectivity index (χ2v) is 11.8. The maximum Gasteiger partial charge on any atom is 0.235 e. The molecule has 0 unspecified atom stereocenters. The van der Waals surface area contributed by atoms with Crippen molar-refractivity contribution in [1.82, 2.24) is 19.1 Å². The zero-order chi connectivity index (χ0) is 30.2. The number of aromatic nitrogens is 4. The summed E-state index contributed by atoms with van der Waals surface area (Å²) in [6, 6.07) is 55.9. The van der Waals surface area contributed by atoms with E-state index in [1.54, 1.807) is 0 Å². The van der Waals surface area contributed by atoms with Crippen molar-refractivity contribution in [3.63, 3.8) is 0 Å². The van der Waals surface area contributed by atoms with Crippen LogP contribution in [-0.2, 0) is 0 Å². The number of hydrogen-bond donors (Lipinski definition) is 0. The molecule has 4 nitrogen and oxygen atoms in total. The summed E-state index contributed by atoms with van der Waals surface area (Å²) < 4.78 is 4.68. The molecule has 0 atom stereocenters. The van der Waals surface area contributed by atoms with Gasteiger partial charge in [0.2, 0.25) is 5.95 Å². The highest BCUT2D eigenvalue weighted by Gasteiger charge is 2.23. The van der Waals surface area contributed by atoms with E-state index in [1.165, 1.54) is 37.8 Å². The van der Waals surface area contributed by atoms with Gasteiger partial charge in [-0.25, -0.2) is 9.97 Å². The minimum Gasteiger partial charge on any atom is -0.307 e. The molecule has 0 aliphatic heterocycles. The second kappa shape index (κ2) is 9.62. The molecule has 0 radical (unpaired) electrons. The predicted molar refractivity (Wildman–Crippen MR) is 191 cm³/mol. The van der Waals surface area contributed by atoms with E-state index < -0.39 is 0 Å². The van der Waals surface area contributed by atoms with E-state index in [0.717, 1.165) is 44.4 Å². The van der Waals surface area contributed by atoms with Gasteiger partial charge in [-0.1, -0.05) is 121 Å². The number of rotatable bonds is 3. The van der Waals surface area contributed by atoms with Gasteiger partial charge in [0.05, 0.1) is 33.3 Å². The minimum absolute atomic E-state index is 0.658. The van der Waals surface area contributed by atoms with Gasteiger partial charge >= 0.3 is 0 Å². The summed E-state index contributed by atoms with van der Waals surface area (Å²) in [5.41, 5.74) is 8.52. The standard InChI is InChI=1S/C42H26N4/c1-2-14-30(15-3-1)45-37-20-10-7-16-31(37)33-24-25-34-32-17-8-11-21-38(32)46(41(34)40(33)45)42-43-36-19-9-6-18-35(36)39(44-42)29-23-22-27-12-4-5-13-28(27)26-29/h1-26H. The van der Waals surface area contributed by atoms with Crippen LogP contribution in [0.5, 0.6) is 0 Å². The molecule has 4 heteroatoms. The average Bonchev–Trinajstić information content (AvgIpc) is 3.64. The molecule has 10 aromatic rings. The molecule has 3 heterocycles. The first-order chi connectivity index (χ1) is 22.8. The Hall–Kier alpha value is -6.26. The Morgan fingerprint density at radius 2 is 0.978 bits per heavy atom. The third-order valence-corrected chi connectivity index (χ3v) is 9.30. The largest absolute Gasteiger partial charge is 0.307 e. The van der Waals surface area contributed by atoms with Crippen LogP contribution >= 0.6 is 0 Å². The van der Waals surface area contributed by atoms with E-state index in [4.69, 9.17) is 9.97 Å². The van der Waals surface area contributed by atoms with Crippen molar-refractivity contribution < 1.29 is 0 Å². The Kier molecular flexibility index (Phi) is 5.25. The van der Waals surface area contributed by atoms with E-state index in [2.05, 4.69) is 167 Å². The summed E-state index contributed by atoms with van der Waals surface area (Å²) in [5.74, 6) is 0.658. The molecular weight excluding hydrogens is 560 g/mol. The van der Waals surface area contributed by atoms with Crippen molar-refractivity contribution in [1.29, 1.82) is 0 Å². The summed E-state index contributed by atoms with van der Waals surface area (Å²) in [7, 11) is 0. The van der Waals surface area contributed by atoms with Crippen molar-refractivity contribution in [3.8, 4) is 22.9 Å². The van der Waals surface area contributed by atoms with E-state index in [-0.39, 0.29) is 0 Å². The third-order valence-electron chi connectivity index (χ3n) is 9.30. The van der Waals surface area contributed by atoms with Crippen LogP contribution in [0.4, 0.5) is 0 Å². The van der Waals surface area contributed by atoms with Gasteiger partial charge in [0.25, 0.3) is 0 Å². The molecule has 0 aliphatic carbocycles. The summed E-state index contributed by atoms with van der Waals surface area (Å²) in [6.07, 6.45) is 0. The first kappa shape index (κ1) is 25.1. The quantitative estimate of drug-likeness (QED) is 0.206. The fraction of sp³-hybridized carbons (Fsp3) is 0. The number of hydrogen-bond acceptors (Lipinski definition) is 2. The SMILES string of the molecule is c1ccc(-n2c3ccccc3c3ccc4c5ccccc5n(-c5nc(-c6ccc7ccccc7c6)c6ccccc6n5)c4c32)cc1. The van der Waals surface area contributed by atoms with Crippen LogP contribution in [0.2, 0.25) is 0 Å². The number of nitrogens with zero attached hydrogens (tertiary/aromatic N) is 4. The van der Waals surface area contributed by atoms with E-state index >= 15 is 0 Å². The normalized spacial score (nSPS) is 11.9. The lowest BCUT2D eigenvalue weighted by atomic mass is 10.0. The van der Waals surface area contributed by atoms with Gasteiger partial charge < -0.3 is 4.57 Å². The highest BCUT2D eigenvalue weighted by atomic mass is 15.2. The summed E-state index contributed by atoms with van der Waals surface area (Å²) in [5, 5.41) is 8.20. The van der Waals surface area contributed by atoms with Gasteiger partial charge in [-0.15, -0.1) is 0 Å². The summed E-state index contributed by atoms with van der Waals surface area (Å²) in [6.45, 7) is 0. The lowest BCUT2D eigenvalue weighted by Gasteiger charge is -2.14. The molecule has 0 fully saturated rings. The van der Waals surface area contributed by atoms with Crippen LogP contribution in [0.25, 0.3) is 88.2 Å². The van der Waals surface area contributed by atoms with Gasteiger partial charge in [-0.3, -0.25) is 4.57 Å². The maximum atomic E-state index is 5.43. The van der Waals surface area contributed by atoms with Crippen LogP contribution in [0.1, 0.15) is 0 Å². The van der Waals surface area contributed by atoms with Crippen molar-refractivity contribution in [3.05, 3.63) is 158 Å². The van der Waals surface area contributed by atoms with Gasteiger partial charge in [0.1, 0.15) is 0 Å². The Balaban J connectivity index is 1.38. The van der Waals surface area contributed by atoms with Gasteiger partial charge in [0, 0.05) is 38.2 Å². The summed E-state index contributed by atoms with van der Waals surface area (Å²) in [4.78, 5) is 10.7. The molecule has 0 N–H and O–H groups in total. The van der Waals surface area contributed by atoms with Crippen LogP contribution in [0, 0.1) is 0 Å². The molecule has 46 heavy (non-hydrogen) atoms. The molecule has 0 aliphatic rings. The first-order valence-electron chi connectivity index (χ1n) is 15.6. The Morgan fingerprint density at radius 3 is 1.74 bits per heavy atom. The number of fused-ring (bicyclic) bond motifs is 9. The van der Waals surface area contributed by atoms with Crippen molar-refractivity contribution in [2.75, 3.05) is 0 Å². The zero-order valence-corrected chi connectivity index (χ0v) is 24.8. The second-order valence-electron chi connectivity index (χ2n) is 11.8. The molecule has 214 valence electrons. The highest BCUT2D eigenvalue weighted by Crippen LogP contribution is 2.41. The molecule has 3 aromatic heterocycles. The molecule has 0 saturated heterocycles. The molecule has 0 amide bonds. The van der Waals surface area contributed by atoms with Crippen LogP contribution in [-0.4, -0.2) is 19.1 Å². The number of benzene rings is 7. The van der Waals surface area contributed by atoms with Crippen molar-refractivity contribution >= 4 is 65.3 Å². The fourth-order valence-corrected chi connectivity index (χ4v) is 7.27. The Labute approximate surface area is 264 Å². The maximum absolute atomic E-state index is 5.43. The molecular formula is C42H26N4. The molecule has 0 spiro atoms. The van der Waals surface area contributed by atoms with Crippen molar-refractivity contribution in [2.45, 2.75) is 0 Å². The fourth-order valence-electron chi connectivity index (χ4n) is 7.27. The van der Waals surface area contributed by atoms with Crippen LogP contribution < -0.4 is 0 Å². The minimum atomic E-state index is 0.658. The predicted octanol–water partition coefficient (Wildman–Crippen LogP) is 10.6. The summed E-state index contributed by atoms with van der Waals surface area (Å²) >= 11 is 0. The lowest BCUT2D eigenvalue weighted by Crippen LogP contribution is -2.04. The molecule has 7 aromatic carbocycles. The molecule has 0 bridgehead atoms. The zero-order valence-electron chi connectivity index (χ0n) is 24.8. The van der Waals surface area contributed by atoms with Crippen LogP contribution in [0.15, 0.2) is 158 Å². The van der Waals surface area contributed by atoms with Crippen LogP contribution in [0.3, 0.4) is 0 Å². The molecule has 0 saturated carbocycles. The molecule has 10 rings (SSSR count). The van der Waals surface area contributed by atoms with E-state index in [9.17, 15) is 0 Å². The van der Waals surface area contributed by atoms with Gasteiger partial charge in [-0.2, -0.15) is 0 Å². The topological polar surface area (TPSA) is 35.6 Å². The Morgan fingerprint density at radius 1 is 0.391 bits per heavy atom. The van der Waals surface area contributed by atoms with E-state index in [0.29, 0.717) is 5.95 Å². The Bertz CT molecular complexity index is 2810. The first-order valence-corrected chi connectivity index (χ1v) is 15.6. The van der Waals surface area contributed by atoms with Gasteiger partial charge in [0.15, 0.2) is 0 Å². The average molecular weight is 587 g/mol. The smallest absolute Gasteiger partial charge is 0.235 e. The van der Waals surface area contributed by atoms with E-state index in [1.807, 2.05) is 0 Å².